The lowest BCUT2D eigenvalue weighted by Gasteiger charge is -2.25. The van der Waals surface area contributed by atoms with E-state index < -0.39 is 0 Å². The monoisotopic (exact) mass is 362 g/mol. The summed E-state index contributed by atoms with van der Waals surface area (Å²) in [7, 11) is 0. The summed E-state index contributed by atoms with van der Waals surface area (Å²) >= 11 is 0. The van der Waals surface area contributed by atoms with Crippen molar-refractivity contribution in [3.8, 4) is 0 Å². The van der Waals surface area contributed by atoms with Crippen LogP contribution in [0.25, 0.3) is 0 Å². The van der Waals surface area contributed by atoms with Gasteiger partial charge in [0.1, 0.15) is 5.76 Å². The van der Waals surface area contributed by atoms with Gasteiger partial charge in [-0.05, 0) is 51.7 Å². The van der Waals surface area contributed by atoms with Crippen molar-refractivity contribution in [2.75, 3.05) is 13.2 Å². The molecule has 4 heteroatoms. The van der Waals surface area contributed by atoms with Gasteiger partial charge in [0.25, 0.3) is 5.91 Å². The molecule has 2 N–H and O–H groups in total. The highest BCUT2D eigenvalue weighted by Gasteiger charge is 2.16. The lowest BCUT2D eigenvalue weighted by molar-refractivity contribution is -0.124. The first-order valence-electron chi connectivity index (χ1n) is 10.1. The third-order valence-electron chi connectivity index (χ3n) is 4.74. The minimum Gasteiger partial charge on any atom is -0.484 e. The summed E-state index contributed by atoms with van der Waals surface area (Å²) in [5, 5.41) is 6.45. The van der Waals surface area contributed by atoms with Gasteiger partial charge >= 0.3 is 0 Å². The molecule has 1 aliphatic rings. The van der Waals surface area contributed by atoms with Crippen molar-refractivity contribution >= 4 is 5.91 Å². The molecule has 0 aromatic rings. The number of rotatable bonds is 11. The van der Waals surface area contributed by atoms with Gasteiger partial charge in [-0.1, -0.05) is 50.8 Å². The van der Waals surface area contributed by atoms with Crippen LogP contribution < -0.4 is 10.6 Å². The average Bonchev–Trinajstić information content (AvgIpc) is 2.60. The normalized spacial score (nSPS) is 17.9. The number of ether oxygens (including phenoxy) is 1. The van der Waals surface area contributed by atoms with Crippen LogP contribution in [0.5, 0.6) is 0 Å². The molecular formula is C22H38N2O2. The van der Waals surface area contributed by atoms with Gasteiger partial charge in [-0.3, -0.25) is 4.79 Å². The van der Waals surface area contributed by atoms with E-state index >= 15 is 0 Å². The van der Waals surface area contributed by atoms with Gasteiger partial charge in [0.15, 0.2) is 6.61 Å². The van der Waals surface area contributed by atoms with Crippen LogP contribution in [0.1, 0.15) is 66.2 Å². The molecule has 1 fully saturated rings. The Morgan fingerprint density at radius 3 is 2.54 bits per heavy atom. The van der Waals surface area contributed by atoms with E-state index in [1.54, 1.807) is 6.08 Å². The molecular weight excluding hydrogens is 324 g/mol. The SMILES string of the molecule is C=C/C=C\C(OCC(=O)NC(C)C)=C(/C)CNC(C)CC1CCCCC1. The van der Waals surface area contributed by atoms with Gasteiger partial charge in [0.05, 0.1) is 0 Å². The van der Waals surface area contributed by atoms with Crippen LogP contribution in [0.15, 0.2) is 36.1 Å². The quantitative estimate of drug-likeness (QED) is 0.420. The Morgan fingerprint density at radius 1 is 1.23 bits per heavy atom. The Balaban J connectivity index is 2.52. The molecule has 1 saturated carbocycles. The predicted molar refractivity (Wildman–Crippen MR) is 110 cm³/mol. The predicted octanol–water partition coefficient (Wildman–Crippen LogP) is 4.49. The van der Waals surface area contributed by atoms with Gasteiger partial charge in [-0.2, -0.15) is 0 Å². The minimum absolute atomic E-state index is 0.0317. The second kappa shape index (κ2) is 12.7. The van der Waals surface area contributed by atoms with E-state index in [1.807, 2.05) is 32.9 Å². The van der Waals surface area contributed by atoms with Crippen LogP contribution in [-0.4, -0.2) is 31.1 Å². The van der Waals surface area contributed by atoms with Crippen LogP contribution >= 0.6 is 0 Å². The Bertz CT molecular complexity index is 488. The smallest absolute Gasteiger partial charge is 0.258 e. The van der Waals surface area contributed by atoms with Crippen molar-refractivity contribution in [2.24, 2.45) is 5.92 Å². The van der Waals surface area contributed by atoms with Gasteiger partial charge in [-0.25, -0.2) is 0 Å². The maximum Gasteiger partial charge on any atom is 0.258 e. The third kappa shape index (κ3) is 9.81. The number of hydrogen-bond acceptors (Lipinski definition) is 3. The van der Waals surface area contributed by atoms with Crippen molar-refractivity contribution in [2.45, 2.75) is 78.3 Å². The molecule has 0 aromatic heterocycles. The average molecular weight is 363 g/mol. The number of allylic oxidation sites excluding steroid dienone is 3. The van der Waals surface area contributed by atoms with Crippen molar-refractivity contribution < 1.29 is 9.53 Å². The number of hydrogen-bond donors (Lipinski definition) is 2. The highest BCUT2D eigenvalue weighted by molar-refractivity contribution is 5.77. The molecule has 4 nitrogen and oxygen atoms in total. The maximum absolute atomic E-state index is 11.8. The number of nitrogens with one attached hydrogen (secondary N) is 2. The van der Waals surface area contributed by atoms with Crippen molar-refractivity contribution in [3.05, 3.63) is 36.1 Å². The molecule has 0 saturated heterocycles. The number of amides is 1. The molecule has 1 amide bonds. The fourth-order valence-corrected chi connectivity index (χ4v) is 3.40. The van der Waals surface area contributed by atoms with Crippen molar-refractivity contribution in [1.29, 1.82) is 0 Å². The minimum atomic E-state index is -0.101. The van der Waals surface area contributed by atoms with E-state index in [4.69, 9.17) is 4.74 Å². The molecule has 1 atom stereocenters. The third-order valence-corrected chi connectivity index (χ3v) is 4.74. The van der Waals surface area contributed by atoms with E-state index in [0.29, 0.717) is 6.04 Å². The van der Waals surface area contributed by atoms with E-state index in [0.717, 1.165) is 23.8 Å². The summed E-state index contributed by atoms with van der Waals surface area (Å²) in [5.74, 6) is 1.50. The molecule has 148 valence electrons. The Morgan fingerprint density at radius 2 is 1.92 bits per heavy atom. The summed E-state index contributed by atoms with van der Waals surface area (Å²) in [6, 6.07) is 0.604. The first kappa shape index (κ1) is 22.5. The lowest BCUT2D eigenvalue weighted by Crippen LogP contribution is -2.33. The van der Waals surface area contributed by atoms with Crippen LogP contribution in [0.2, 0.25) is 0 Å². The standard InChI is InChI=1S/C22H38N2O2/c1-6-7-13-21(26-16-22(25)24-17(2)3)18(4)15-23-19(5)14-20-11-9-8-10-12-20/h6-7,13,17,19-20,23H,1,8-12,14-16H2,2-5H3,(H,24,25)/b13-7-,21-18-. The molecule has 0 bridgehead atoms. The molecule has 0 radical (unpaired) electrons. The van der Waals surface area contributed by atoms with Gasteiger partial charge in [-0.15, -0.1) is 0 Å². The van der Waals surface area contributed by atoms with Crippen LogP contribution in [0.3, 0.4) is 0 Å². The van der Waals surface area contributed by atoms with Crippen molar-refractivity contribution in [1.82, 2.24) is 10.6 Å². The fraction of sp³-hybridized carbons (Fsp3) is 0.682. The zero-order valence-corrected chi connectivity index (χ0v) is 17.1. The van der Waals surface area contributed by atoms with Gasteiger partial charge in [0, 0.05) is 18.6 Å². The summed E-state index contributed by atoms with van der Waals surface area (Å²) in [5.41, 5.74) is 1.09. The summed E-state index contributed by atoms with van der Waals surface area (Å²) < 4.78 is 5.74. The first-order valence-corrected chi connectivity index (χ1v) is 10.1. The first-order chi connectivity index (χ1) is 12.4. The molecule has 1 unspecified atom stereocenters. The number of carbonyl (C=O) groups excluding carboxylic acids is 1. The highest BCUT2D eigenvalue weighted by atomic mass is 16.5. The second-order valence-corrected chi connectivity index (χ2v) is 7.77. The van der Waals surface area contributed by atoms with Crippen LogP contribution in [0.4, 0.5) is 0 Å². The van der Waals surface area contributed by atoms with E-state index in [2.05, 4.69) is 24.1 Å². The molecule has 1 rings (SSSR count). The fourth-order valence-electron chi connectivity index (χ4n) is 3.40. The molecule has 0 spiro atoms. The lowest BCUT2D eigenvalue weighted by atomic mass is 9.85. The zero-order valence-electron chi connectivity index (χ0n) is 17.1. The Kier molecular flexibility index (Phi) is 11.0. The van der Waals surface area contributed by atoms with Crippen molar-refractivity contribution in [3.63, 3.8) is 0 Å². The molecule has 26 heavy (non-hydrogen) atoms. The van der Waals surface area contributed by atoms with Gasteiger partial charge < -0.3 is 15.4 Å². The molecule has 0 aliphatic heterocycles. The summed E-state index contributed by atoms with van der Waals surface area (Å²) in [6.45, 7) is 12.7. The maximum atomic E-state index is 11.8. The summed E-state index contributed by atoms with van der Waals surface area (Å²) in [4.78, 5) is 11.8. The molecule has 0 aromatic carbocycles. The Labute approximate surface area is 160 Å². The second-order valence-electron chi connectivity index (χ2n) is 7.77. The highest BCUT2D eigenvalue weighted by Crippen LogP contribution is 2.27. The topological polar surface area (TPSA) is 50.4 Å². The van der Waals surface area contributed by atoms with Crippen LogP contribution in [0, 0.1) is 5.92 Å². The number of carbonyl (C=O) groups is 1. The Hall–Kier alpha value is -1.55. The van der Waals surface area contributed by atoms with Crippen LogP contribution in [-0.2, 0) is 9.53 Å². The van der Waals surface area contributed by atoms with E-state index in [1.165, 1.54) is 38.5 Å². The van der Waals surface area contributed by atoms with E-state index in [-0.39, 0.29) is 18.6 Å². The summed E-state index contributed by atoms with van der Waals surface area (Å²) in [6.07, 6.45) is 13.6. The molecule has 1 aliphatic carbocycles. The zero-order chi connectivity index (χ0) is 19.4. The van der Waals surface area contributed by atoms with E-state index in [9.17, 15) is 4.79 Å². The van der Waals surface area contributed by atoms with Gasteiger partial charge in [0.2, 0.25) is 0 Å². The largest absolute Gasteiger partial charge is 0.484 e. The molecule has 0 heterocycles.